The van der Waals surface area contributed by atoms with Gasteiger partial charge in [-0.3, -0.25) is 0 Å². The number of nitrogens with zero attached hydrogens (tertiary/aromatic N) is 7. The molecule has 226 valence electrons. The first-order valence-corrected chi connectivity index (χ1v) is 16.7. The maximum absolute atomic E-state index is 6.32. The van der Waals surface area contributed by atoms with Crippen molar-refractivity contribution >= 4 is 18.0 Å². The van der Waals surface area contributed by atoms with E-state index in [1.54, 1.807) is 0 Å². The van der Waals surface area contributed by atoms with E-state index in [-0.39, 0.29) is 22.4 Å². The van der Waals surface area contributed by atoms with Gasteiger partial charge >= 0.3 is 27.9 Å². The molecule has 39 heavy (non-hydrogen) atoms. The van der Waals surface area contributed by atoms with E-state index in [9.17, 15) is 0 Å². The van der Waals surface area contributed by atoms with Crippen molar-refractivity contribution in [3.8, 4) is 12.8 Å². The monoisotopic (exact) mass is 658 g/mol. The summed E-state index contributed by atoms with van der Waals surface area (Å²) in [5.41, 5.74) is 0. The first-order chi connectivity index (χ1) is 19.7. The van der Waals surface area contributed by atoms with Crippen molar-refractivity contribution in [2.75, 3.05) is 38.7 Å². The summed E-state index contributed by atoms with van der Waals surface area (Å²) in [4.78, 5) is 28.7. The van der Waals surface area contributed by atoms with Crippen LogP contribution in [0.1, 0.15) is 107 Å². The molecule has 2 aliphatic rings. The van der Waals surface area contributed by atoms with E-state index >= 15 is 0 Å². The van der Waals surface area contributed by atoms with Crippen LogP contribution >= 0.6 is 0 Å². The van der Waals surface area contributed by atoms with Gasteiger partial charge in [-0.2, -0.15) is 0 Å². The second-order valence-electron chi connectivity index (χ2n) is 10.1. The van der Waals surface area contributed by atoms with Gasteiger partial charge in [-0.15, -0.1) is 12.8 Å². The maximum atomic E-state index is 6.32. The molecule has 0 bridgehead atoms. The molecule has 0 amide bonds. The van der Waals surface area contributed by atoms with E-state index in [2.05, 4.69) is 73.4 Å². The predicted molar refractivity (Wildman–Crippen MR) is 169 cm³/mol. The zero-order chi connectivity index (χ0) is 31.6. The number of aliphatic imine (C=N–C) groups is 6. The molecule has 0 unspecified atom stereocenters. The van der Waals surface area contributed by atoms with Gasteiger partial charge in [0.2, 0.25) is 0 Å². The Bertz CT molecular complexity index is 745. The number of hydrogen-bond acceptors (Lipinski definition) is 7. The number of alkyl halides is 1. The topological polar surface area (TPSA) is 77.4 Å². The van der Waals surface area contributed by atoms with Crippen LogP contribution in [0.25, 0.3) is 0 Å². The molecule has 0 N–H and O–H groups in total. The minimum absolute atomic E-state index is 0.160. The second-order valence-corrected chi connectivity index (χ2v) is 10.1. The molecule has 0 atom stereocenters. The number of halogens is 1. The van der Waals surface area contributed by atoms with Crippen molar-refractivity contribution in [2.24, 2.45) is 30.0 Å². The zero-order valence-electron chi connectivity index (χ0n) is 28.3. The van der Waals surface area contributed by atoms with Crippen LogP contribution < -0.4 is 22.4 Å². The van der Waals surface area contributed by atoms with Crippen LogP contribution in [0.2, 0.25) is 0 Å². The van der Waals surface area contributed by atoms with Crippen LogP contribution in [0.15, 0.2) is 30.0 Å². The molecule has 2 saturated carbocycles. The minimum atomic E-state index is -0.160. The molecule has 2 fully saturated rings. The average Bonchev–Trinajstić information content (AvgIpc) is 2.93. The predicted octanol–water partition coefficient (Wildman–Crippen LogP) is 4.09. The number of rotatable bonds is 9. The van der Waals surface area contributed by atoms with Gasteiger partial charge in [-0.05, 0) is 87.4 Å². The average molecular weight is 659 g/mol. The normalized spacial score (nSPS) is 15.1. The Morgan fingerprint density at radius 3 is 1.64 bits per heavy atom. The van der Waals surface area contributed by atoms with Crippen LogP contribution in [0.4, 0.5) is 0 Å². The van der Waals surface area contributed by atoms with E-state index < -0.39 is 0 Å². The molecule has 2 rings (SSSR count). The van der Waals surface area contributed by atoms with Crippen molar-refractivity contribution in [1.82, 2.24) is 4.90 Å². The summed E-state index contributed by atoms with van der Waals surface area (Å²) < 4.78 is 12.1. The summed E-state index contributed by atoms with van der Waals surface area (Å²) in [7, 11) is 4.12. The van der Waals surface area contributed by atoms with Crippen LogP contribution in [-0.2, 0) is 0 Å². The molecular formula is C31H59IN7-. The Balaban J connectivity index is -0.000000496. The third-order valence-corrected chi connectivity index (χ3v) is 5.44. The van der Waals surface area contributed by atoms with Gasteiger partial charge in [-0.1, -0.05) is 38.5 Å². The molecule has 2 aliphatic carbocycles. The number of hydrogen-bond donors (Lipinski definition) is 0. The van der Waals surface area contributed by atoms with Gasteiger partial charge < -0.3 is 4.90 Å². The van der Waals surface area contributed by atoms with E-state index in [1.165, 1.54) is 70.6 Å². The third-order valence-electron chi connectivity index (χ3n) is 5.44. The quantitative estimate of drug-likeness (QED) is 0.121. The van der Waals surface area contributed by atoms with Crippen molar-refractivity contribution in [1.29, 1.82) is 0.594 Å². The molecule has 0 heterocycles. The van der Waals surface area contributed by atoms with Crippen LogP contribution in [0.3, 0.4) is 0 Å². The Morgan fingerprint density at radius 2 is 1.28 bits per heavy atom. The first-order valence-electron chi connectivity index (χ1n) is 15.4. The van der Waals surface area contributed by atoms with E-state index in [4.69, 9.17) is 1.96 Å². The van der Waals surface area contributed by atoms with Gasteiger partial charge in [0.05, 0.1) is 48.7 Å². The standard InChI is InChI=1S/C13H22N2.C8H17N3.C7H14N2.C2H2.CH4I/c1-3-7-12(8-4-1)14-11-15-13-9-5-2-6-10-13;1-4-9-8-10-6-5-7-11(2)3;1-6(2)8-5-9-7(3)4;2*1-2/h12-13H,1-10H2;4-7H2,1-3H3;6-7H,1-4H3;1-2H;2H,1H3/q;;;;-1/i;;;1D;2D. The molecule has 8 heteroatoms. The SMILES string of the molecule is C(=NC1CCCCC1)=NC1CCCCC1.CC(C)N=C=NC(C)C.CCN=C=NCCCN(C)C.[2H]C#C.[2H][I-]C. The summed E-state index contributed by atoms with van der Waals surface area (Å²) in [6, 6.07) is 9.94. The van der Waals surface area contributed by atoms with Crippen molar-refractivity contribution in [3.63, 3.8) is 0 Å². The van der Waals surface area contributed by atoms with Gasteiger partial charge in [0, 0.05) is 6.54 Å². The summed E-state index contributed by atoms with van der Waals surface area (Å²) in [5.74, 6) is 0. The van der Waals surface area contributed by atoms with Gasteiger partial charge in [0.25, 0.3) is 0 Å². The van der Waals surface area contributed by atoms with Gasteiger partial charge in [0.1, 0.15) is 1.37 Å². The second kappa shape index (κ2) is 34.4. The molecule has 0 spiro atoms. The fourth-order valence-corrected chi connectivity index (χ4v) is 3.52. The fraction of sp³-hybridized carbons (Fsp3) is 0.839. The van der Waals surface area contributed by atoms with E-state index in [1.807, 2.05) is 39.5 Å². The summed E-state index contributed by atoms with van der Waals surface area (Å²) in [5, 5.41) is 0. The van der Waals surface area contributed by atoms with Gasteiger partial charge in [0.15, 0.2) is 0 Å². The molecule has 0 radical (unpaired) electrons. The molecule has 0 aromatic heterocycles. The molecule has 0 saturated heterocycles. The van der Waals surface area contributed by atoms with E-state index in [0.717, 1.165) is 26.1 Å². The van der Waals surface area contributed by atoms with Crippen LogP contribution in [0, 0.1) is 12.8 Å². The zero-order valence-corrected chi connectivity index (χ0v) is 28.5. The molecular weight excluding hydrogens is 597 g/mol. The number of terminal acetylenes is 1. The van der Waals surface area contributed by atoms with E-state index in [0.29, 0.717) is 24.2 Å². The molecule has 0 aromatic rings. The van der Waals surface area contributed by atoms with Crippen molar-refractivity contribution in [2.45, 2.75) is 129 Å². The first kappa shape index (κ1) is 37.4. The summed E-state index contributed by atoms with van der Waals surface area (Å²) >= 11 is -0.160. The van der Waals surface area contributed by atoms with Crippen molar-refractivity contribution in [3.05, 3.63) is 0 Å². The third kappa shape index (κ3) is 36.4. The Hall–Kier alpha value is -1.61. The van der Waals surface area contributed by atoms with Crippen LogP contribution in [-0.4, -0.2) is 86.3 Å². The van der Waals surface area contributed by atoms with Crippen molar-refractivity contribution < 1.29 is 23.8 Å². The molecule has 7 nitrogen and oxygen atoms in total. The Kier molecular flexibility index (Phi) is 33.0. The Labute approximate surface area is 257 Å². The fourth-order valence-electron chi connectivity index (χ4n) is 3.52. The van der Waals surface area contributed by atoms with Gasteiger partial charge in [-0.25, -0.2) is 30.0 Å². The Morgan fingerprint density at radius 1 is 0.846 bits per heavy atom. The van der Waals surface area contributed by atoms with Crippen LogP contribution in [0.5, 0.6) is 0 Å². The summed E-state index contributed by atoms with van der Waals surface area (Å²) in [6.07, 6.45) is 20.1. The molecule has 0 aliphatic heterocycles. The summed E-state index contributed by atoms with van der Waals surface area (Å²) in [6.45, 7) is 12.7. The molecule has 0 aromatic carbocycles.